The monoisotopic (exact) mass is 393 g/mol. The number of carbonyl (C=O) groups is 1. The van der Waals surface area contributed by atoms with Crippen molar-refractivity contribution in [2.45, 2.75) is 24.8 Å². The molecule has 0 atom stereocenters. The maximum absolute atomic E-state index is 11.8. The van der Waals surface area contributed by atoms with Crippen LogP contribution in [0.1, 0.15) is 24.2 Å². The molecule has 2 rings (SSSR count). The van der Waals surface area contributed by atoms with Crippen LogP contribution in [0.3, 0.4) is 0 Å². The molecule has 0 aromatic heterocycles. The molecule has 2 aromatic carbocycles. The average molecular weight is 393 g/mol. The lowest BCUT2D eigenvalue weighted by Gasteiger charge is -2.12. The van der Waals surface area contributed by atoms with E-state index >= 15 is 0 Å². The fourth-order valence-electron chi connectivity index (χ4n) is 1.99. The fourth-order valence-corrected chi connectivity index (χ4v) is 2.74. The lowest BCUT2D eigenvalue weighted by atomic mass is 10.2. The highest BCUT2D eigenvalue weighted by atomic mass is 32.2. The Balaban J connectivity index is 1.96. The summed E-state index contributed by atoms with van der Waals surface area (Å²) in [6.07, 6.45) is -0.183. The molecule has 0 radical (unpaired) electrons. The highest BCUT2D eigenvalue weighted by molar-refractivity contribution is 7.89. The van der Waals surface area contributed by atoms with E-state index in [1.807, 2.05) is 0 Å². The number of rotatable bonds is 5. The minimum Gasteiger partial charge on any atom is -0.459 e. The minimum atomic E-state index is -3.73. The van der Waals surface area contributed by atoms with Crippen LogP contribution in [-0.4, -0.2) is 25.6 Å². The van der Waals surface area contributed by atoms with Crippen LogP contribution in [0.5, 0.6) is 0 Å². The van der Waals surface area contributed by atoms with Crippen molar-refractivity contribution in [3.63, 3.8) is 0 Å². The molecule has 0 aliphatic carbocycles. The summed E-state index contributed by atoms with van der Waals surface area (Å²) >= 11 is 5.21. The van der Waals surface area contributed by atoms with Gasteiger partial charge in [0.05, 0.1) is 16.6 Å². The molecule has 4 N–H and O–H groups in total. The first-order valence-electron chi connectivity index (χ1n) is 7.67. The number of carbonyl (C=O) groups excluding carboxylic acids is 1. The van der Waals surface area contributed by atoms with Gasteiger partial charge in [-0.15, -0.1) is 0 Å². The number of primary sulfonamides is 1. The van der Waals surface area contributed by atoms with Gasteiger partial charge >= 0.3 is 5.97 Å². The zero-order chi connectivity index (χ0) is 19.3. The van der Waals surface area contributed by atoms with Gasteiger partial charge in [0.15, 0.2) is 5.11 Å². The summed E-state index contributed by atoms with van der Waals surface area (Å²) in [5.74, 6) is -0.387. The maximum atomic E-state index is 11.8. The fraction of sp³-hybridized carbons (Fsp3) is 0.176. The molecule has 0 saturated carbocycles. The smallest absolute Gasteiger partial charge is 0.338 e. The molecule has 2 aromatic rings. The van der Waals surface area contributed by atoms with Crippen molar-refractivity contribution in [1.82, 2.24) is 0 Å². The second-order valence-electron chi connectivity index (χ2n) is 5.68. The number of thiocarbonyl (C=S) groups is 1. The number of sulfonamides is 1. The van der Waals surface area contributed by atoms with E-state index in [4.69, 9.17) is 22.1 Å². The molecule has 26 heavy (non-hydrogen) atoms. The second kappa shape index (κ2) is 8.26. The molecule has 0 fully saturated rings. The summed E-state index contributed by atoms with van der Waals surface area (Å²) in [6.45, 7) is 3.57. The Morgan fingerprint density at radius 1 is 1.00 bits per heavy atom. The molecule has 138 valence electrons. The Hall–Kier alpha value is -2.49. The van der Waals surface area contributed by atoms with Gasteiger partial charge in [0.2, 0.25) is 10.0 Å². The molecular formula is C17H19N3O4S2. The third-order valence-electron chi connectivity index (χ3n) is 3.16. The number of esters is 1. The van der Waals surface area contributed by atoms with E-state index in [1.54, 1.807) is 50.2 Å². The normalized spacial score (nSPS) is 11.1. The Morgan fingerprint density at radius 3 is 1.88 bits per heavy atom. The van der Waals surface area contributed by atoms with Crippen molar-refractivity contribution in [2.24, 2.45) is 5.14 Å². The molecule has 0 bridgehead atoms. The van der Waals surface area contributed by atoms with E-state index in [9.17, 15) is 13.2 Å². The van der Waals surface area contributed by atoms with Gasteiger partial charge in [-0.1, -0.05) is 0 Å². The molecule has 9 heteroatoms. The van der Waals surface area contributed by atoms with E-state index in [0.717, 1.165) is 0 Å². The van der Waals surface area contributed by atoms with Crippen LogP contribution in [0.4, 0.5) is 11.4 Å². The maximum Gasteiger partial charge on any atom is 0.338 e. The molecule has 0 saturated heterocycles. The highest BCUT2D eigenvalue weighted by Crippen LogP contribution is 2.15. The summed E-state index contributed by atoms with van der Waals surface area (Å²) < 4.78 is 27.6. The number of hydrogen-bond acceptors (Lipinski definition) is 5. The number of anilines is 2. The quantitative estimate of drug-likeness (QED) is 0.529. The summed E-state index contributed by atoms with van der Waals surface area (Å²) in [5.41, 5.74) is 1.73. The van der Waals surface area contributed by atoms with E-state index in [1.165, 1.54) is 12.1 Å². The number of ether oxygens (including phenoxy) is 1. The SMILES string of the molecule is CC(C)OC(=O)c1ccc(NC(=S)Nc2ccc(S(N)(=O)=O)cc2)cc1. The van der Waals surface area contributed by atoms with Crippen LogP contribution < -0.4 is 15.8 Å². The lowest BCUT2D eigenvalue weighted by molar-refractivity contribution is 0.0378. The van der Waals surface area contributed by atoms with Crippen molar-refractivity contribution in [2.75, 3.05) is 10.6 Å². The lowest BCUT2D eigenvalue weighted by Crippen LogP contribution is -2.19. The predicted molar refractivity (Wildman–Crippen MR) is 105 cm³/mol. The predicted octanol–water partition coefficient (Wildman–Crippen LogP) is 2.71. The summed E-state index contributed by atoms with van der Waals surface area (Å²) in [5, 5.41) is 11.3. The van der Waals surface area contributed by atoms with Crippen LogP contribution in [0.25, 0.3) is 0 Å². The number of hydrogen-bond donors (Lipinski definition) is 3. The van der Waals surface area contributed by atoms with Gasteiger partial charge in [0.1, 0.15) is 0 Å². The zero-order valence-electron chi connectivity index (χ0n) is 14.2. The first kappa shape index (κ1) is 19.8. The third-order valence-corrected chi connectivity index (χ3v) is 4.30. The Labute approximate surface area is 157 Å². The van der Waals surface area contributed by atoms with Gasteiger partial charge in [-0.05, 0) is 74.6 Å². The Morgan fingerprint density at radius 2 is 1.46 bits per heavy atom. The number of nitrogens with one attached hydrogen (secondary N) is 2. The minimum absolute atomic E-state index is 0.0193. The van der Waals surface area contributed by atoms with Crippen LogP contribution >= 0.6 is 12.2 Å². The summed E-state index contributed by atoms with van der Waals surface area (Å²) in [7, 11) is -3.73. The first-order chi connectivity index (χ1) is 12.1. The van der Waals surface area contributed by atoms with Crippen LogP contribution in [0.2, 0.25) is 0 Å². The van der Waals surface area contributed by atoms with E-state index < -0.39 is 10.0 Å². The molecule has 0 aliphatic rings. The topological polar surface area (TPSA) is 111 Å². The van der Waals surface area contributed by atoms with E-state index in [0.29, 0.717) is 22.1 Å². The highest BCUT2D eigenvalue weighted by Gasteiger charge is 2.09. The molecule has 7 nitrogen and oxygen atoms in total. The van der Waals surface area contributed by atoms with E-state index in [2.05, 4.69) is 10.6 Å². The number of benzene rings is 2. The molecule has 0 spiro atoms. The van der Waals surface area contributed by atoms with Crippen molar-refractivity contribution < 1.29 is 17.9 Å². The van der Waals surface area contributed by atoms with Gasteiger partial charge in [-0.3, -0.25) is 0 Å². The largest absolute Gasteiger partial charge is 0.459 e. The van der Waals surface area contributed by atoms with E-state index in [-0.39, 0.29) is 17.0 Å². The Kier molecular flexibility index (Phi) is 6.30. The molecule has 0 amide bonds. The average Bonchev–Trinajstić information content (AvgIpc) is 2.54. The summed E-state index contributed by atoms with van der Waals surface area (Å²) in [4.78, 5) is 11.8. The Bertz CT molecular complexity index is 893. The number of nitrogens with two attached hydrogens (primary N) is 1. The van der Waals surface area contributed by atoms with Crippen LogP contribution in [-0.2, 0) is 14.8 Å². The van der Waals surface area contributed by atoms with Gasteiger partial charge in [0.25, 0.3) is 0 Å². The standard InChI is InChI=1S/C17H19N3O4S2/c1-11(2)24-16(21)12-3-5-13(6-4-12)19-17(25)20-14-7-9-15(10-8-14)26(18,22)23/h3-11H,1-2H3,(H2,18,22,23)(H2,19,20,25). The zero-order valence-corrected chi connectivity index (χ0v) is 15.9. The molecule has 0 heterocycles. The van der Waals surface area contributed by atoms with Gasteiger partial charge < -0.3 is 15.4 Å². The van der Waals surface area contributed by atoms with Crippen molar-refractivity contribution in [1.29, 1.82) is 0 Å². The first-order valence-corrected chi connectivity index (χ1v) is 9.62. The van der Waals surface area contributed by atoms with Gasteiger partial charge in [0, 0.05) is 11.4 Å². The molecular weight excluding hydrogens is 374 g/mol. The van der Waals surface area contributed by atoms with Gasteiger partial charge in [-0.25, -0.2) is 18.4 Å². The summed E-state index contributed by atoms with van der Waals surface area (Å²) in [6, 6.07) is 12.6. The van der Waals surface area contributed by atoms with Crippen molar-refractivity contribution in [3.05, 3.63) is 54.1 Å². The van der Waals surface area contributed by atoms with Gasteiger partial charge in [-0.2, -0.15) is 0 Å². The third kappa shape index (κ3) is 5.80. The van der Waals surface area contributed by atoms with Crippen molar-refractivity contribution >= 4 is 44.7 Å². The molecule has 0 aliphatic heterocycles. The van der Waals surface area contributed by atoms with Crippen LogP contribution in [0.15, 0.2) is 53.4 Å². The molecule has 0 unspecified atom stereocenters. The van der Waals surface area contributed by atoms with Crippen molar-refractivity contribution in [3.8, 4) is 0 Å². The van der Waals surface area contributed by atoms with Crippen LogP contribution in [0, 0.1) is 0 Å². The second-order valence-corrected chi connectivity index (χ2v) is 7.65.